The molecule has 204 valence electrons. The van der Waals surface area contributed by atoms with E-state index in [2.05, 4.69) is 43.5 Å². The maximum atomic E-state index is 11.0. The van der Waals surface area contributed by atoms with Gasteiger partial charge in [0.15, 0.2) is 0 Å². The van der Waals surface area contributed by atoms with Gasteiger partial charge >= 0.3 is 0 Å². The number of nitrogens with one attached hydrogen (secondary N) is 1. The number of halogens is 1. The first kappa shape index (κ1) is 27.5. The summed E-state index contributed by atoms with van der Waals surface area (Å²) < 4.78 is 10.3. The first-order valence-corrected chi connectivity index (χ1v) is 16.6. The molecule has 0 aliphatic carbocycles. The zero-order chi connectivity index (χ0) is 27.3. The van der Waals surface area contributed by atoms with Crippen molar-refractivity contribution in [2.24, 2.45) is 7.05 Å². The molecule has 5 heterocycles. The van der Waals surface area contributed by atoms with Crippen LogP contribution in [0.4, 0.5) is 0 Å². The number of likely N-dealkylation sites (N-methyl/N-ethyl adjacent to an activating group) is 1. The van der Waals surface area contributed by atoms with Gasteiger partial charge < -0.3 is 20.0 Å². The number of hydrazine groups is 1. The fraction of sp³-hybridized carbons (Fsp3) is 0.480. The lowest BCUT2D eigenvalue weighted by atomic mass is 10.1. The second-order valence-corrected chi connectivity index (χ2v) is 12.1. The minimum atomic E-state index is -0.898. The molecule has 0 fully saturated rings. The van der Waals surface area contributed by atoms with Crippen LogP contribution in [0.3, 0.4) is 0 Å². The molecule has 3 aromatic heterocycles. The SMILES string of the molecule is Cc1nn(C)c2c1-c1cc3c(nn(PI)c3c(C)n1)/C=C/C1=C(CN(C)CC(C)O2)N(C(C)CO)NC1O. The number of aliphatic hydroxyl groups is 2. The number of nitrogens with zero attached hydrogens (tertiary/aromatic N) is 7. The molecule has 0 radical (unpaired) electrons. The highest BCUT2D eigenvalue weighted by Crippen LogP contribution is 2.38. The van der Waals surface area contributed by atoms with E-state index in [9.17, 15) is 10.2 Å². The normalized spacial score (nSPS) is 22.6. The number of hydrogen-bond acceptors (Lipinski definition) is 9. The van der Waals surface area contributed by atoms with E-state index in [0.717, 1.165) is 50.5 Å². The maximum absolute atomic E-state index is 11.0. The summed E-state index contributed by atoms with van der Waals surface area (Å²) >= 11 is 2.33. The van der Waals surface area contributed by atoms with Gasteiger partial charge in [0.05, 0.1) is 58.6 Å². The van der Waals surface area contributed by atoms with Crippen molar-refractivity contribution in [2.45, 2.75) is 46.1 Å². The summed E-state index contributed by atoms with van der Waals surface area (Å²) in [5.41, 5.74) is 9.94. The molecule has 3 N–H and O–H groups in total. The summed E-state index contributed by atoms with van der Waals surface area (Å²) in [4.78, 5) is 7.13. The molecule has 0 saturated heterocycles. The molecule has 0 spiro atoms. The van der Waals surface area contributed by atoms with Crippen molar-refractivity contribution in [3.8, 4) is 17.1 Å². The van der Waals surface area contributed by atoms with E-state index in [4.69, 9.17) is 14.8 Å². The molecular weight excluding hydrogens is 618 g/mol. The van der Waals surface area contributed by atoms with Crippen LogP contribution in [0.15, 0.2) is 23.4 Å². The summed E-state index contributed by atoms with van der Waals surface area (Å²) in [6.45, 7) is 9.07. The van der Waals surface area contributed by atoms with Gasteiger partial charge in [-0.2, -0.15) is 10.2 Å². The average molecular weight is 652 g/mol. The van der Waals surface area contributed by atoms with Gasteiger partial charge in [0, 0.05) is 31.1 Å². The Labute approximate surface area is 236 Å². The Morgan fingerprint density at radius 3 is 2.71 bits per heavy atom. The Kier molecular flexibility index (Phi) is 7.82. The second-order valence-electron chi connectivity index (χ2n) is 10.1. The van der Waals surface area contributed by atoms with Gasteiger partial charge in [-0.1, -0.05) is 6.08 Å². The van der Waals surface area contributed by atoms with E-state index in [1.54, 1.807) is 4.68 Å². The first-order valence-electron chi connectivity index (χ1n) is 12.5. The van der Waals surface area contributed by atoms with Gasteiger partial charge in [0.1, 0.15) is 12.3 Å². The van der Waals surface area contributed by atoms with Gasteiger partial charge in [0.25, 0.3) is 0 Å². The van der Waals surface area contributed by atoms with Gasteiger partial charge in [-0.15, -0.1) is 0 Å². The Hall–Kier alpha value is -2.09. The zero-order valence-corrected chi connectivity index (χ0v) is 25.6. The average Bonchev–Trinajstić information content (AvgIpc) is 3.47. The highest BCUT2D eigenvalue weighted by molar-refractivity contribution is 14.2. The smallest absolute Gasteiger partial charge is 0.221 e. The van der Waals surface area contributed by atoms with Gasteiger partial charge in [-0.3, -0.25) is 9.88 Å². The lowest BCUT2D eigenvalue weighted by molar-refractivity contribution is 0.0614. The van der Waals surface area contributed by atoms with Crippen LogP contribution in [0.2, 0.25) is 0 Å². The minimum Gasteiger partial charge on any atom is -0.473 e. The van der Waals surface area contributed by atoms with Crippen molar-refractivity contribution in [1.29, 1.82) is 0 Å². The van der Waals surface area contributed by atoms with Crippen molar-refractivity contribution < 1.29 is 14.9 Å². The van der Waals surface area contributed by atoms with Crippen molar-refractivity contribution in [3.05, 3.63) is 40.5 Å². The monoisotopic (exact) mass is 652 g/mol. The number of ether oxygens (including phenoxy) is 1. The fourth-order valence-corrected chi connectivity index (χ4v) is 6.84. The lowest BCUT2D eigenvalue weighted by Crippen LogP contribution is -2.46. The third-order valence-electron chi connectivity index (χ3n) is 6.98. The molecule has 2 aliphatic rings. The number of fused-ring (bicyclic) bond motifs is 3. The summed E-state index contributed by atoms with van der Waals surface area (Å²) in [5, 5.41) is 33.3. The van der Waals surface area contributed by atoms with Crippen LogP contribution in [0, 0.1) is 13.8 Å². The van der Waals surface area contributed by atoms with Gasteiger partial charge in [-0.05, 0) is 68.9 Å². The van der Waals surface area contributed by atoms with Crippen LogP contribution >= 0.6 is 28.4 Å². The van der Waals surface area contributed by atoms with Crippen LogP contribution in [0.5, 0.6) is 5.88 Å². The molecule has 4 unspecified atom stereocenters. The fourth-order valence-electron chi connectivity index (χ4n) is 5.28. The zero-order valence-electron chi connectivity index (χ0n) is 22.4. The van der Waals surface area contributed by atoms with Crippen LogP contribution < -0.4 is 10.2 Å². The van der Waals surface area contributed by atoms with E-state index < -0.39 is 6.23 Å². The summed E-state index contributed by atoms with van der Waals surface area (Å²) in [5.74, 6) is 0.679. The molecule has 3 aromatic rings. The first-order chi connectivity index (χ1) is 18.1. The van der Waals surface area contributed by atoms with Crippen LogP contribution in [0.25, 0.3) is 28.2 Å². The molecule has 0 amide bonds. The highest BCUT2D eigenvalue weighted by Gasteiger charge is 2.32. The molecule has 4 atom stereocenters. The predicted molar refractivity (Wildman–Crippen MR) is 158 cm³/mol. The standard InChI is InChI=1S/C25H34IN8O3P/c1-13(12-35)33-21-11-31(5)10-14(2)37-25-22(15(3)28-32(25)6)20-9-18-19(8-7-17(21)24(36)30-33)29-34(38-26)23(18)16(4)27-20/h7-9,13-14,24,30,35-36,38H,10-12H2,1-6H3/b8-7+. The Morgan fingerprint density at radius 1 is 1.24 bits per heavy atom. The van der Waals surface area contributed by atoms with E-state index >= 15 is 0 Å². The largest absolute Gasteiger partial charge is 0.473 e. The number of aryl methyl sites for hydroxylation is 3. The van der Waals surface area contributed by atoms with E-state index in [1.165, 1.54) is 0 Å². The van der Waals surface area contributed by atoms with Crippen molar-refractivity contribution in [1.82, 2.24) is 39.7 Å². The molecule has 0 saturated carbocycles. The van der Waals surface area contributed by atoms with Crippen LogP contribution in [-0.4, -0.2) is 89.6 Å². The topological polar surface area (TPSA) is 117 Å². The highest BCUT2D eigenvalue weighted by atomic mass is 127. The summed E-state index contributed by atoms with van der Waals surface area (Å²) in [7, 11) is 3.91. The Bertz CT molecular complexity index is 1430. The summed E-state index contributed by atoms with van der Waals surface area (Å²) in [6.07, 6.45) is 3.25. The number of aromatic nitrogens is 5. The van der Waals surface area contributed by atoms with Gasteiger partial charge in [-0.25, -0.2) is 14.6 Å². The lowest BCUT2D eigenvalue weighted by Gasteiger charge is -2.31. The number of aliphatic hydroxyl groups excluding tert-OH is 2. The van der Waals surface area contributed by atoms with Crippen molar-refractivity contribution >= 4 is 45.4 Å². The number of rotatable bonds is 3. The van der Waals surface area contributed by atoms with E-state index in [0.29, 0.717) is 25.3 Å². The van der Waals surface area contributed by atoms with Crippen molar-refractivity contribution in [2.75, 3.05) is 26.7 Å². The van der Waals surface area contributed by atoms with Crippen molar-refractivity contribution in [3.63, 3.8) is 0 Å². The summed E-state index contributed by atoms with van der Waals surface area (Å²) in [6, 6.07) is 1.85. The van der Waals surface area contributed by atoms with Gasteiger partial charge in [0.2, 0.25) is 5.88 Å². The number of pyridine rings is 1. The third kappa shape index (κ3) is 4.86. The third-order valence-corrected chi connectivity index (χ3v) is 8.83. The van der Waals surface area contributed by atoms with E-state index in [-0.39, 0.29) is 18.8 Å². The molecular formula is C25H34IN8O3P. The molecule has 11 nitrogen and oxygen atoms in total. The number of hydrogen-bond donors (Lipinski definition) is 3. The minimum absolute atomic E-state index is 0.0489. The Morgan fingerprint density at radius 2 is 2.00 bits per heavy atom. The molecule has 13 heteroatoms. The van der Waals surface area contributed by atoms with Crippen LogP contribution in [-0.2, 0) is 7.05 Å². The second kappa shape index (κ2) is 10.8. The Balaban J connectivity index is 1.75. The predicted octanol–water partition coefficient (Wildman–Crippen LogP) is 2.74. The molecule has 2 aliphatic heterocycles. The molecule has 2 bridgehead atoms. The molecule has 0 aromatic carbocycles. The quantitative estimate of drug-likeness (QED) is 0.290. The van der Waals surface area contributed by atoms with Crippen LogP contribution in [0.1, 0.15) is 30.9 Å². The van der Waals surface area contributed by atoms with E-state index in [1.807, 2.05) is 63.4 Å². The maximum Gasteiger partial charge on any atom is 0.221 e. The molecule has 38 heavy (non-hydrogen) atoms. The molecule has 5 rings (SSSR count).